The average molecular weight is 412 g/mol. The molecule has 0 spiro atoms. The molecule has 0 radical (unpaired) electrons. The van der Waals surface area contributed by atoms with Gasteiger partial charge in [0.25, 0.3) is 0 Å². The highest BCUT2D eigenvalue weighted by Gasteiger charge is 2.33. The zero-order chi connectivity index (χ0) is 21.7. The van der Waals surface area contributed by atoms with Gasteiger partial charge in [0.15, 0.2) is 0 Å². The standard InChI is InChI=1S/C28H20N4/c29-22-18-27(20-12-4-5-13-21(20)28(22)30)32-25-16-8-6-14-23(25)31(19-10-2-1-3-11-19)24-15-7-9-17-26(24)32/h1-18,29-30H. The number of nitrogens with one attached hydrogen (secondary N) is 2. The summed E-state index contributed by atoms with van der Waals surface area (Å²) < 4.78 is 0. The zero-order valence-corrected chi connectivity index (χ0v) is 17.3. The third-order valence-corrected chi connectivity index (χ3v) is 6.01. The van der Waals surface area contributed by atoms with Crippen molar-refractivity contribution >= 4 is 45.6 Å². The molecule has 0 saturated heterocycles. The highest BCUT2D eigenvalue weighted by atomic mass is 15.3. The second kappa shape index (κ2) is 7.06. The Morgan fingerprint density at radius 2 is 0.938 bits per heavy atom. The molecule has 1 aliphatic carbocycles. The summed E-state index contributed by atoms with van der Waals surface area (Å²) in [4.78, 5) is 4.51. The molecule has 0 saturated carbocycles. The third kappa shape index (κ3) is 2.63. The number of rotatable bonds is 2. The van der Waals surface area contributed by atoms with E-state index in [2.05, 4.69) is 70.5 Å². The normalized spacial score (nSPS) is 14.4. The number of benzene rings is 4. The summed E-state index contributed by atoms with van der Waals surface area (Å²) in [5, 5.41) is 16.9. The number of nitrogens with zero attached hydrogens (tertiary/aromatic N) is 2. The Hall–Kier alpha value is -4.44. The molecule has 4 aromatic rings. The fraction of sp³-hybridized carbons (Fsp3) is 0. The van der Waals surface area contributed by atoms with Crippen LogP contribution in [0.1, 0.15) is 11.1 Å². The summed E-state index contributed by atoms with van der Waals surface area (Å²) in [7, 11) is 0. The van der Waals surface area contributed by atoms with E-state index < -0.39 is 0 Å². The minimum absolute atomic E-state index is 0.221. The highest BCUT2D eigenvalue weighted by molar-refractivity contribution is 6.53. The van der Waals surface area contributed by atoms with E-state index in [0.29, 0.717) is 0 Å². The fourth-order valence-electron chi connectivity index (χ4n) is 4.60. The molecule has 152 valence electrons. The first kappa shape index (κ1) is 18.3. The molecule has 1 heterocycles. The van der Waals surface area contributed by atoms with E-state index in [1.54, 1.807) is 0 Å². The smallest absolute Gasteiger partial charge is 0.0869 e. The summed E-state index contributed by atoms with van der Waals surface area (Å²) in [5.41, 5.74) is 8.46. The number of allylic oxidation sites excluding steroid dienone is 1. The lowest BCUT2D eigenvalue weighted by Crippen LogP contribution is -2.30. The van der Waals surface area contributed by atoms with Crippen molar-refractivity contribution in [1.82, 2.24) is 0 Å². The van der Waals surface area contributed by atoms with Crippen molar-refractivity contribution in [2.75, 3.05) is 9.80 Å². The van der Waals surface area contributed by atoms with Crippen LogP contribution >= 0.6 is 0 Å². The van der Waals surface area contributed by atoms with Crippen LogP contribution in [0.4, 0.5) is 28.4 Å². The molecule has 6 rings (SSSR count). The Kier molecular flexibility index (Phi) is 4.05. The number of para-hydroxylation sites is 5. The monoisotopic (exact) mass is 412 g/mol. The largest absolute Gasteiger partial charge is 0.306 e. The first-order chi connectivity index (χ1) is 15.7. The quantitative estimate of drug-likeness (QED) is 0.371. The van der Waals surface area contributed by atoms with Gasteiger partial charge in [-0.3, -0.25) is 10.8 Å². The maximum Gasteiger partial charge on any atom is 0.0869 e. The number of hydrogen-bond donors (Lipinski definition) is 2. The van der Waals surface area contributed by atoms with Crippen molar-refractivity contribution in [2.24, 2.45) is 0 Å². The van der Waals surface area contributed by atoms with E-state index in [4.69, 9.17) is 10.8 Å². The SMILES string of the molecule is N=C1C=C(N2c3ccccc3N(c3ccccc3)c3ccccc32)c2ccccc2C1=N. The Bertz CT molecular complexity index is 1370. The van der Waals surface area contributed by atoms with Crippen LogP contribution in [0.15, 0.2) is 109 Å². The van der Waals surface area contributed by atoms with E-state index in [1.165, 1.54) is 0 Å². The molecule has 0 unspecified atom stereocenters. The Labute approximate surface area is 186 Å². The Balaban J connectivity index is 1.64. The molecule has 1 aliphatic heterocycles. The lowest BCUT2D eigenvalue weighted by Gasteiger charge is -2.42. The summed E-state index contributed by atoms with van der Waals surface area (Å²) in [6.07, 6.45) is 1.82. The molecule has 0 atom stereocenters. The molecule has 4 heteroatoms. The molecule has 0 fully saturated rings. The van der Waals surface area contributed by atoms with Crippen LogP contribution in [0.25, 0.3) is 5.70 Å². The summed E-state index contributed by atoms with van der Waals surface area (Å²) in [6.45, 7) is 0. The third-order valence-electron chi connectivity index (χ3n) is 6.01. The maximum absolute atomic E-state index is 8.48. The van der Waals surface area contributed by atoms with Gasteiger partial charge in [0, 0.05) is 16.8 Å². The van der Waals surface area contributed by atoms with Crippen LogP contribution in [0, 0.1) is 10.8 Å². The molecule has 0 amide bonds. The van der Waals surface area contributed by atoms with E-state index in [1.807, 2.05) is 48.5 Å². The fourth-order valence-corrected chi connectivity index (χ4v) is 4.60. The van der Waals surface area contributed by atoms with Crippen LogP contribution < -0.4 is 9.80 Å². The second-order valence-corrected chi connectivity index (χ2v) is 7.85. The second-order valence-electron chi connectivity index (χ2n) is 7.85. The lowest BCUT2D eigenvalue weighted by atomic mass is 9.90. The molecule has 2 aliphatic rings. The molecular weight excluding hydrogens is 392 g/mol. The van der Waals surface area contributed by atoms with Gasteiger partial charge >= 0.3 is 0 Å². The number of fused-ring (bicyclic) bond motifs is 3. The van der Waals surface area contributed by atoms with Crippen LogP contribution in [0.5, 0.6) is 0 Å². The lowest BCUT2D eigenvalue weighted by molar-refractivity contribution is 1.17. The van der Waals surface area contributed by atoms with Gasteiger partial charge in [0.2, 0.25) is 0 Å². The van der Waals surface area contributed by atoms with Crippen molar-refractivity contribution in [3.63, 3.8) is 0 Å². The minimum Gasteiger partial charge on any atom is -0.306 e. The zero-order valence-electron chi connectivity index (χ0n) is 17.3. The van der Waals surface area contributed by atoms with Gasteiger partial charge in [-0.1, -0.05) is 66.7 Å². The first-order valence-corrected chi connectivity index (χ1v) is 10.6. The average Bonchev–Trinajstić information content (AvgIpc) is 2.85. The molecule has 4 aromatic carbocycles. The van der Waals surface area contributed by atoms with Crippen molar-refractivity contribution in [2.45, 2.75) is 0 Å². The van der Waals surface area contributed by atoms with Crippen LogP contribution in [-0.2, 0) is 0 Å². The molecule has 2 N–H and O–H groups in total. The molecule has 0 aromatic heterocycles. The van der Waals surface area contributed by atoms with Crippen molar-refractivity contribution < 1.29 is 0 Å². The molecule has 0 bridgehead atoms. The first-order valence-electron chi connectivity index (χ1n) is 10.6. The highest BCUT2D eigenvalue weighted by Crippen LogP contribution is 2.54. The van der Waals surface area contributed by atoms with Crippen LogP contribution in [0.3, 0.4) is 0 Å². The summed E-state index contributed by atoms with van der Waals surface area (Å²) in [5.74, 6) is 0. The summed E-state index contributed by atoms with van der Waals surface area (Å²) >= 11 is 0. The Morgan fingerprint density at radius 3 is 1.53 bits per heavy atom. The van der Waals surface area contributed by atoms with Gasteiger partial charge in [-0.25, -0.2) is 0 Å². The van der Waals surface area contributed by atoms with Gasteiger partial charge in [0.1, 0.15) is 0 Å². The van der Waals surface area contributed by atoms with Crippen LogP contribution in [-0.4, -0.2) is 11.4 Å². The van der Waals surface area contributed by atoms with Crippen molar-refractivity contribution in [1.29, 1.82) is 10.8 Å². The van der Waals surface area contributed by atoms with Gasteiger partial charge < -0.3 is 9.80 Å². The Morgan fingerprint density at radius 1 is 0.469 bits per heavy atom. The summed E-state index contributed by atoms with van der Waals surface area (Å²) in [6, 6.07) is 35.0. The molecule has 32 heavy (non-hydrogen) atoms. The molecule has 4 nitrogen and oxygen atoms in total. The van der Waals surface area contributed by atoms with Crippen molar-refractivity contribution in [3.8, 4) is 0 Å². The van der Waals surface area contributed by atoms with Gasteiger partial charge in [-0.15, -0.1) is 0 Å². The number of anilines is 5. The molecular formula is C28H20N4. The predicted octanol–water partition coefficient (Wildman–Crippen LogP) is 7.05. The van der Waals surface area contributed by atoms with E-state index in [0.717, 1.165) is 45.3 Å². The van der Waals surface area contributed by atoms with Crippen LogP contribution in [0.2, 0.25) is 0 Å². The van der Waals surface area contributed by atoms with E-state index >= 15 is 0 Å². The number of hydrogen-bond acceptors (Lipinski definition) is 4. The van der Waals surface area contributed by atoms with Crippen molar-refractivity contribution in [3.05, 3.63) is 120 Å². The van der Waals surface area contributed by atoms with E-state index in [-0.39, 0.29) is 11.4 Å². The predicted molar refractivity (Wildman–Crippen MR) is 132 cm³/mol. The van der Waals surface area contributed by atoms with E-state index in [9.17, 15) is 0 Å². The van der Waals surface area contributed by atoms with Gasteiger partial charge in [-0.2, -0.15) is 0 Å². The van der Waals surface area contributed by atoms with Gasteiger partial charge in [-0.05, 0) is 42.5 Å². The topological polar surface area (TPSA) is 54.2 Å². The minimum atomic E-state index is 0.221. The van der Waals surface area contributed by atoms with Gasteiger partial charge in [0.05, 0.1) is 39.9 Å². The maximum atomic E-state index is 8.48.